The summed E-state index contributed by atoms with van der Waals surface area (Å²) in [5, 5.41) is 4.18. The first-order valence-electron chi connectivity index (χ1n) is 5.10. The molecule has 0 heterocycles. The molecule has 1 atom stereocenters. The summed E-state index contributed by atoms with van der Waals surface area (Å²) in [5.41, 5.74) is 3.78. The van der Waals surface area contributed by atoms with Crippen LogP contribution in [0.1, 0.15) is 39.0 Å². The van der Waals surface area contributed by atoms with Crippen LogP contribution < -0.4 is 5.43 Å². The number of hydrogen-bond acceptors (Lipinski definition) is 2. The van der Waals surface area contributed by atoms with E-state index in [0.717, 1.165) is 12.3 Å². The largest absolute Gasteiger partial charge is 0.274 e. The molecule has 0 aromatic heterocycles. The summed E-state index contributed by atoms with van der Waals surface area (Å²) in [4.78, 5) is 10.7. The zero-order valence-corrected chi connectivity index (χ0v) is 8.05. The molecule has 0 bridgehead atoms. The molecule has 72 valence electrons. The summed E-state index contributed by atoms with van der Waals surface area (Å²) in [6, 6.07) is 0. The fraction of sp³-hybridized carbons (Fsp3) is 0.800. The van der Waals surface area contributed by atoms with E-state index >= 15 is 0 Å². The second-order valence-electron chi connectivity index (χ2n) is 4.11. The first-order chi connectivity index (χ1) is 6.27. The van der Waals surface area contributed by atoms with Crippen LogP contribution in [0.3, 0.4) is 0 Å². The number of rotatable bonds is 2. The molecular formula is C10H16N2O. The number of hydrazone groups is 1. The van der Waals surface area contributed by atoms with Crippen LogP contribution in [0.25, 0.3) is 0 Å². The predicted octanol–water partition coefficient (Wildman–Crippen LogP) is 1.69. The van der Waals surface area contributed by atoms with Gasteiger partial charge in [0.15, 0.2) is 0 Å². The van der Waals surface area contributed by atoms with Crippen LogP contribution >= 0.6 is 0 Å². The summed E-state index contributed by atoms with van der Waals surface area (Å²) >= 11 is 0. The minimum Gasteiger partial charge on any atom is -0.274 e. The highest BCUT2D eigenvalue weighted by atomic mass is 16.2. The van der Waals surface area contributed by atoms with E-state index in [0.29, 0.717) is 5.92 Å². The van der Waals surface area contributed by atoms with Gasteiger partial charge < -0.3 is 0 Å². The molecule has 0 spiro atoms. The molecule has 13 heavy (non-hydrogen) atoms. The van der Waals surface area contributed by atoms with Gasteiger partial charge in [0.1, 0.15) is 0 Å². The Hall–Kier alpha value is -0.860. The lowest BCUT2D eigenvalue weighted by molar-refractivity contribution is -0.118. The Morgan fingerprint density at radius 3 is 2.85 bits per heavy atom. The number of nitrogens with zero attached hydrogens (tertiary/aromatic N) is 1. The molecule has 1 amide bonds. The third-order valence-corrected chi connectivity index (χ3v) is 2.92. The fourth-order valence-corrected chi connectivity index (χ4v) is 2.15. The molecular weight excluding hydrogens is 164 g/mol. The van der Waals surface area contributed by atoms with Crippen molar-refractivity contribution in [1.29, 1.82) is 0 Å². The Morgan fingerprint density at radius 1 is 1.46 bits per heavy atom. The van der Waals surface area contributed by atoms with Gasteiger partial charge in [0.05, 0.1) is 0 Å². The van der Waals surface area contributed by atoms with Gasteiger partial charge in [-0.1, -0.05) is 0 Å². The number of carbonyl (C=O) groups excluding carboxylic acids is 1. The van der Waals surface area contributed by atoms with Crippen LogP contribution in [0, 0.1) is 11.8 Å². The van der Waals surface area contributed by atoms with Gasteiger partial charge in [-0.15, -0.1) is 0 Å². The maximum atomic E-state index is 10.7. The van der Waals surface area contributed by atoms with Gasteiger partial charge in [0, 0.05) is 18.6 Å². The highest BCUT2D eigenvalue weighted by Crippen LogP contribution is 2.43. The van der Waals surface area contributed by atoms with Crippen molar-refractivity contribution in [2.45, 2.75) is 39.0 Å². The van der Waals surface area contributed by atoms with Crippen molar-refractivity contribution >= 4 is 11.6 Å². The summed E-state index contributed by atoms with van der Waals surface area (Å²) < 4.78 is 0. The molecule has 3 heteroatoms. The molecule has 0 saturated heterocycles. The van der Waals surface area contributed by atoms with Crippen LogP contribution in [0.2, 0.25) is 0 Å². The van der Waals surface area contributed by atoms with Crippen molar-refractivity contribution in [3.8, 4) is 0 Å². The second-order valence-corrected chi connectivity index (χ2v) is 4.11. The Kier molecular flexibility index (Phi) is 2.34. The second kappa shape index (κ2) is 3.48. The molecule has 2 fully saturated rings. The average Bonchev–Trinajstić information content (AvgIpc) is 2.82. The van der Waals surface area contributed by atoms with Crippen LogP contribution in [0.15, 0.2) is 5.10 Å². The Labute approximate surface area is 78.6 Å². The number of hydrogen-bond donors (Lipinski definition) is 1. The monoisotopic (exact) mass is 180 g/mol. The SMILES string of the molecule is CC(=O)N/N=C1/CCCC1C1CC1. The molecule has 2 aliphatic carbocycles. The quantitative estimate of drug-likeness (QED) is 0.645. The highest BCUT2D eigenvalue weighted by Gasteiger charge is 2.36. The van der Waals surface area contributed by atoms with E-state index < -0.39 is 0 Å². The van der Waals surface area contributed by atoms with Gasteiger partial charge in [-0.2, -0.15) is 5.10 Å². The van der Waals surface area contributed by atoms with Gasteiger partial charge in [0.25, 0.3) is 0 Å². The van der Waals surface area contributed by atoms with Gasteiger partial charge in [-0.3, -0.25) is 4.79 Å². The van der Waals surface area contributed by atoms with E-state index in [2.05, 4.69) is 10.5 Å². The molecule has 0 radical (unpaired) electrons. The summed E-state index contributed by atoms with van der Waals surface area (Å²) in [5.74, 6) is 1.51. The smallest absolute Gasteiger partial charge is 0.236 e. The first-order valence-corrected chi connectivity index (χ1v) is 5.10. The Bertz CT molecular complexity index is 243. The van der Waals surface area contributed by atoms with E-state index in [1.54, 1.807) is 0 Å². The van der Waals surface area contributed by atoms with E-state index in [4.69, 9.17) is 0 Å². The highest BCUT2D eigenvalue weighted by molar-refractivity contribution is 5.90. The van der Waals surface area contributed by atoms with Crippen molar-refractivity contribution in [1.82, 2.24) is 5.43 Å². The topological polar surface area (TPSA) is 41.5 Å². The minimum absolute atomic E-state index is 0.0612. The standard InChI is InChI=1S/C10H16N2O/c1-7(13)11-12-10-4-2-3-9(10)8-5-6-8/h8-9H,2-6H2,1H3,(H,11,13)/b12-10-. The Morgan fingerprint density at radius 2 is 2.23 bits per heavy atom. The molecule has 0 aliphatic heterocycles. The maximum absolute atomic E-state index is 10.7. The number of nitrogens with one attached hydrogen (secondary N) is 1. The molecule has 2 rings (SSSR count). The lowest BCUT2D eigenvalue weighted by Crippen LogP contribution is -2.18. The third kappa shape index (κ3) is 2.08. The number of carbonyl (C=O) groups is 1. The van der Waals surface area contributed by atoms with Crippen LogP contribution in [-0.4, -0.2) is 11.6 Å². The molecule has 1 N–H and O–H groups in total. The van der Waals surface area contributed by atoms with Crippen molar-refractivity contribution in [3.63, 3.8) is 0 Å². The van der Waals surface area contributed by atoms with E-state index in [1.807, 2.05) is 0 Å². The maximum Gasteiger partial charge on any atom is 0.236 e. The summed E-state index contributed by atoms with van der Waals surface area (Å²) in [6.07, 6.45) is 6.34. The van der Waals surface area contributed by atoms with Crippen molar-refractivity contribution in [2.24, 2.45) is 16.9 Å². The molecule has 0 aromatic carbocycles. The van der Waals surface area contributed by atoms with Crippen molar-refractivity contribution < 1.29 is 4.79 Å². The molecule has 2 saturated carbocycles. The zero-order valence-electron chi connectivity index (χ0n) is 8.05. The molecule has 2 aliphatic rings. The lowest BCUT2D eigenvalue weighted by atomic mass is 10.0. The fourth-order valence-electron chi connectivity index (χ4n) is 2.15. The van der Waals surface area contributed by atoms with E-state index in [1.165, 1.54) is 38.3 Å². The molecule has 0 aromatic rings. The third-order valence-electron chi connectivity index (χ3n) is 2.92. The zero-order chi connectivity index (χ0) is 9.26. The minimum atomic E-state index is -0.0612. The predicted molar refractivity (Wildman–Crippen MR) is 51.3 cm³/mol. The van der Waals surface area contributed by atoms with Crippen molar-refractivity contribution in [3.05, 3.63) is 0 Å². The van der Waals surface area contributed by atoms with Crippen LogP contribution in [0.4, 0.5) is 0 Å². The van der Waals surface area contributed by atoms with Crippen LogP contribution in [0.5, 0.6) is 0 Å². The lowest BCUT2D eigenvalue weighted by Gasteiger charge is -2.08. The average molecular weight is 180 g/mol. The van der Waals surface area contributed by atoms with Gasteiger partial charge in [-0.05, 0) is 38.0 Å². The van der Waals surface area contributed by atoms with Gasteiger partial charge in [0.2, 0.25) is 5.91 Å². The van der Waals surface area contributed by atoms with Crippen LogP contribution in [-0.2, 0) is 4.79 Å². The van der Waals surface area contributed by atoms with Crippen molar-refractivity contribution in [2.75, 3.05) is 0 Å². The van der Waals surface area contributed by atoms with Gasteiger partial charge >= 0.3 is 0 Å². The normalized spacial score (nSPS) is 30.8. The van der Waals surface area contributed by atoms with E-state index in [-0.39, 0.29) is 5.91 Å². The number of amides is 1. The Balaban J connectivity index is 1.95. The van der Waals surface area contributed by atoms with E-state index in [9.17, 15) is 4.79 Å². The first kappa shape index (κ1) is 8.73. The summed E-state index contributed by atoms with van der Waals surface area (Å²) in [6.45, 7) is 1.51. The summed E-state index contributed by atoms with van der Waals surface area (Å²) in [7, 11) is 0. The molecule has 1 unspecified atom stereocenters. The van der Waals surface area contributed by atoms with Gasteiger partial charge in [-0.25, -0.2) is 5.43 Å². The molecule has 3 nitrogen and oxygen atoms in total.